The van der Waals surface area contributed by atoms with Crippen molar-refractivity contribution in [2.75, 3.05) is 0 Å². The fraction of sp³-hybridized carbons (Fsp3) is 0.0698. The van der Waals surface area contributed by atoms with Crippen LogP contribution in [0.1, 0.15) is 33.2 Å². The van der Waals surface area contributed by atoms with Crippen LogP contribution in [0.4, 0.5) is 0 Å². The Morgan fingerprint density at radius 1 is 0.708 bits per heavy atom. The number of aromatic nitrogens is 2. The van der Waals surface area contributed by atoms with Gasteiger partial charge in [0.05, 0.1) is 5.58 Å². The molecule has 0 saturated heterocycles. The second kappa shape index (κ2) is 13.7. The van der Waals surface area contributed by atoms with E-state index in [-0.39, 0.29) is 36.8 Å². The fourth-order valence-electron chi connectivity index (χ4n) is 5.68. The number of nitrogens with zero attached hydrogens (tertiary/aromatic N) is 2. The van der Waals surface area contributed by atoms with Crippen molar-refractivity contribution in [1.82, 2.24) is 9.97 Å². The molecule has 0 amide bonds. The zero-order valence-electron chi connectivity index (χ0n) is 33.2. The smallest absolute Gasteiger partial charge is 0.120 e. The first-order valence-corrected chi connectivity index (χ1v) is 15.8. The molecule has 0 unspecified atom stereocenters. The summed E-state index contributed by atoms with van der Waals surface area (Å²) < 4.78 is 71.9. The number of hydrogen-bond donors (Lipinski definition) is 0. The van der Waals surface area contributed by atoms with Gasteiger partial charge in [-0.2, -0.15) is 11.3 Å². The molecule has 0 aliphatic carbocycles. The standard InChI is InChI=1S/C25H18NS.C18H12NO.Ir/c1-17-16-26-23(15-19(17)14-18-8-3-2-4-9-18)22-12-7-11-21-20-10-5-6-13-24(20)27-25(21)22;1-12-9-10-16(19-11-12)15-7-4-6-14-13-5-2-3-8-17(13)20-18(14)15;/h2-11,13,15-16H,14H2,1H3;2-6,8-11H,1H3;/q2*-1;/i1D3,14D2;1D3;. The van der Waals surface area contributed by atoms with E-state index in [0.717, 1.165) is 47.7 Å². The number of rotatable bonds is 4. The van der Waals surface area contributed by atoms with E-state index < -0.39 is 20.1 Å². The first-order chi connectivity index (χ1) is 26.3. The molecule has 0 atom stereocenters. The van der Waals surface area contributed by atoms with Gasteiger partial charge in [-0.3, -0.25) is 0 Å². The molecule has 0 N–H and O–H groups in total. The van der Waals surface area contributed by atoms with E-state index in [1.54, 1.807) is 59.9 Å². The molecule has 235 valence electrons. The van der Waals surface area contributed by atoms with Crippen LogP contribution in [0.2, 0.25) is 0 Å². The number of benzene rings is 5. The van der Waals surface area contributed by atoms with Gasteiger partial charge < -0.3 is 14.4 Å². The van der Waals surface area contributed by atoms with Crippen LogP contribution in [0.25, 0.3) is 64.6 Å². The summed E-state index contributed by atoms with van der Waals surface area (Å²) in [6.45, 7) is -4.64. The van der Waals surface area contributed by atoms with Gasteiger partial charge in [-0.1, -0.05) is 101 Å². The zero-order chi connectivity index (χ0) is 38.5. The van der Waals surface area contributed by atoms with Crippen LogP contribution in [-0.2, 0) is 26.5 Å². The van der Waals surface area contributed by atoms with E-state index in [1.165, 1.54) is 12.4 Å². The maximum atomic E-state index is 8.82. The third kappa shape index (κ3) is 6.09. The summed E-state index contributed by atoms with van der Waals surface area (Å²) in [5.41, 5.74) is 4.77. The van der Waals surface area contributed by atoms with Gasteiger partial charge in [0.1, 0.15) is 5.58 Å². The first-order valence-electron chi connectivity index (χ1n) is 19.0. The Morgan fingerprint density at radius 2 is 1.46 bits per heavy atom. The average Bonchev–Trinajstić information content (AvgIpc) is 3.76. The summed E-state index contributed by atoms with van der Waals surface area (Å²) in [4.78, 5) is 8.74. The second-order valence-corrected chi connectivity index (χ2v) is 12.0. The molecule has 1 radical (unpaired) electrons. The summed E-state index contributed by atoms with van der Waals surface area (Å²) in [5.74, 6) is 0. The van der Waals surface area contributed by atoms with Crippen molar-refractivity contribution < 1.29 is 35.5 Å². The Balaban J connectivity index is 0.000000177. The predicted molar refractivity (Wildman–Crippen MR) is 196 cm³/mol. The molecule has 9 aromatic rings. The molecule has 3 nitrogen and oxygen atoms in total. The van der Waals surface area contributed by atoms with Gasteiger partial charge in [0.15, 0.2) is 0 Å². The van der Waals surface area contributed by atoms with Crippen molar-refractivity contribution >= 4 is 53.4 Å². The molecule has 0 fully saturated rings. The van der Waals surface area contributed by atoms with E-state index in [1.807, 2.05) is 60.7 Å². The van der Waals surface area contributed by atoms with Crippen molar-refractivity contribution in [1.29, 1.82) is 0 Å². The topological polar surface area (TPSA) is 38.9 Å². The summed E-state index contributed by atoms with van der Waals surface area (Å²) >= 11 is 1.63. The van der Waals surface area contributed by atoms with E-state index in [2.05, 4.69) is 34.2 Å². The molecule has 0 aliphatic rings. The molecular weight excluding hydrogens is 785 g/mol. The van der Waals surface area contributed by atoms with Crippen LogP contribution in [0, 0.1) is 25.8 Å². The number of fused-ring (bicyclic) bond motifs is 6. The van der Waals surface area contributed by atoms with Gasteiger partial charge in [-0.15, -0.1) is 42.0 Å². The second-order valence-electron chi connectivity index (χ2n) is 10.9. The average molecular weight is 823 g/mol. The third-order valence-electron chi connectivity index (χ3n) is 7.91. The minimum Gasteiger partial charge on any atom is -0.501 e. The van der Waals surface area contributed by atoms with Gasteiger partial charge in [0.25, 0.3) is 0 Å². The summed E-state index contributed by atoms with van der Waals surface area (Å²) in [7, 11) is 0. The number of furan rings is 1. The molecule has 4 aromatic heterocycles. The van der Waals surface area contributed by atoms with Crippen LogP contribution in [-0.4, -0.2) is 9.97 Å². The van der Waals surface area contributed by atoms with Gasteiger partial charge in [0, 0.05) is 53.6 Å². The molecule has 0 bridgehead atoms. The summed E-state index contributed by atoms with van der Waals surface area (Å²) in [5, 5.41) is 4.25. The van der Waals surface area contributed by atoms with Crippen LogP contribution in [0.15, 0.2) is 138 Å². The molecule has 4 heterocycles. The van der Waals surface area contributed by atoms with E-state index in [9.17, 15) is 0 Å². The van der Waals surface area contributed by atoms with Crippen LogP contribution < -0.4 is 0 Å². The predicted octanol–water partition coefficient (Wildman–Crippen LogP) is 11.6. The molecular formula is C43H30IrN2OS-2. The summed E-state index contributed by atoms with van der Waals surface area (Å²) in [6.07, 6.45) is 0.673. The molecule has 0 saturated carbocycles. The van der Waals surface area contributed by atoms with Crippen LogP contribution in [0.5, 0.6) is 0 Å². The zero-order valence-corrected chi connectivity index (χ0v) is 28.5. The van der Waals surface area contributed by atoms with Crippen molar-refractivity contribution in [2.45, 2.75) is 20.1 Å². The maximum Gasteiger partial charge on any atom is 0.120 e. The minimum atomic E-state index is -2.49. The SMILES string of the molecule is [2H]C([2H])([2H])c1ccc(-c2[c-]ccc3c2oc2ccccc23)nc1.[2H]C([2H])([2H])c1cnc(-c2[c-]ccc3c2sc2ccccc23)cc1C([2H])([2H])c1ccccc1.[Ir]. The molecule has 5 aromatic carbocycles. The van der Waals surface area contributed by atoms with Gasteiger partial charge in [-0.25, -0.2) is 0 Å². The summed E-state index contributed by atoms with van der Waals surface area (Å²) in [6, 6.07) is 43.5. The largest absolute Gasteiger partial charge is 0.501 e. The van der Waals surface area contributed by atoms with Gasteiger partial charge >= 0.3 is 0 Å². The fourth-order valence-corrected chi connectivity index (χ4v) is 6.88. The van der Waals surface area contributed by atoms with Crippen LogP contribution in [0.3, 0.4) is 0 Å². The monoisotopic (exact) mass is 823 g/mol. The van der Waals surface area contributed by atoms with Crippen molar-refractivity contribution in [3.8, 4) is 22.5 Å². The van der Waals surface area contributed by atoms with Crippen LogP contribution >= 0.6 is 11.3 Å². The number of para-hydroxylation sites is 1. The number of thiophene rings is 1. The van der Waals surface area contributed by atoms with Gasteiger partial charge in [0.2, 0.25) is 0 Å². The maximum absolute atomic E-state index is 8.82. The molecule has 9 rings (SSSR count). The Morgan fingerprint density at radius 3 is 2.27 bits per heavy atom. The Hall–Kier alpha value is -4.93. The van der Waals surface area contributed by atoms with Gasteiger partial charge in [-0.05, 0) is 75.9 Å². The molecule has 5 heteroatoms. The first kappa shape index (κ1) is 23.4. The van der Waals surface area contributed by atoms with Crippen molar-refractivity contribution in [2.24, 2.45) is 0 Å². The van der Waals surface area contributed by atoms with E-state index in [0.29, 0.717) is 22.5 Å². The van der Waals surface area contributed by atoms with E-state index >= 15 is 0 Å². The number of hydrogen-bond acceptors (Lipinski definition) is 4. The third-order valence-corrected chi connectivity index (χ3v) is 9.11. The Kier molecular flexibility index (Phi) is 6.66. The molecule has 48 heavy (non-hydrogen) atoms. The molecule has 0 aliphatic heterocycles. The molecule has 0 spiro atoms. The Labute approximate surface area is 308 Å². The number of aryl methyl sites for hydroxylation is 2. The Bertz CT molecular complexity index is 2830. The van der Waals surface area contributed by atoms with E-state index in [4.69, 9.17) is 15.4 Å². The quantitative estimate of drug-likeness (QED) is 0.166. The number of pyridine rings is 2. The van der Waals surface area contributed by atoms with Crippen molar-refractivity contribution in [3.63, 3.8) is 0 Å². The minimum absolute atomic E-state index is 0. The normalized spacial score (nSPS) is 14.3. The van der Waals surface area contributed by atoms with Crippen molar-refractivity contribution in [3.05, 3.63) is 168 Å².